The molecule has 0 saturated carbocycles. The van der Waals surface area contributed by atoms with Crippen LogP contribution >= 0.6 is 0 Å². The first-order chi connectivity index (χ1) is 13.6. The van der Waals surface area contributed by atoms with E-state index in [0.717, 1.165) is 37.1 Å². The first kappa shape index (κ1) is 18.2. The average Bonchev–Trinajstić information content (AvgIpc) is 3.08. The Hall–Kier alpha value is -3.20. The molecule has 1 amide bonds. The van der Waals surface area contributed by atoms with E-state index in [2.05, 4.69) is 30.6 Å². The van der Waals surface area contributed by atoms with E-state index in [9.17, 15) is 4.79 Å². The minimum Gasteiger partial charge on any atom is -0.477 e. The number of hydrogen-bond acceptors (Lipinski definition) is 7. The third kappa shape index (κ3) is 3.74. The smallest absolute Gasteiger partial charge is 0.262 e. The number of rotatable bonds is 5. The molecule has 2 N–H and O–H groups in total. The minimum atomic E-state index is -0.307. The number of nitrogens with zero attached hydrogens (tertiary/aromatic N) is 5. The number of hydrogen-bond donors (Lipinski definition) is 2. The van der Waals surface area contributed by atoms with Gasteiger partial charge in [-0.3, -0.25) is 9.48 Å². The Morgan fingerprint density at radius 1 is 1.32 bits per heavy atom. The maximum absolute atomic E-state index is 12.8. The van der Waals surface area contributed by atoms with Crippen molar-refractivity contribution in [1.82, 2.24) is 25.1 Å². The van der Waals surface area contributed by atoms with E-state index >= 15 is 0 Å². The highest BCUT2D eigenvalue weighted by Gasteiger charge is 2.20. The van der Waals surface area contributed by atoms with Crippen LogP contribution in [-0.2, 0) is 7.05 Å². The summed E-state index contributed by atoms with van der Waals surface area (Å²) in [5.74, 6) is 0.572. The van der Waals surface area contributed by atoms with Crippen LogP contribution < -0.4 is 20.3 Å². The topological polar surface area (TPSA) is 97.2 Å². The van der Waals surface area contributed by atoms with Crippen molar-refractivity contribution in [1.29, 1.82) is 0 Å². The fraction of sp³-hybridized carbons (Fsp3) is 0.368. The van der Waals surface area contributed by atoms with Crippen molar-refractivity contribution >= 4 is 28.4 Å². The SMILES string of the molecule is CCOc1nc(N2CCNCC2)ncc1C(=O)Nc1ccc2nn(C)cc2c1. The Bertz CT molecular complexity index is 995. The number of carbonyl (C=O) groups excluding carboxylic acids is 1. The van der Waals surface area contributed by atoms with Gasteiger partial charge < -0.3 is 20.3 Å². The zero-order chi connectivity index (χ0) is 19.5. The molecule has 3 heterocycles. The van der Waals surface area contributed by atoms with Crippen LogP contribution in [0, 0.1) is 0 Å². The first-order valence-corrected chi connectivity index (χ1v) is 9.34. The zero-order valence-corrected chi connectivity index (χ0v) is 16.0. The molecule has 3 aromatic rings. The molecule has 0 bridgehead atoms. The Balaban J connectivity index is 1.57. The Morgan fingerprint density at radius 3 is 2.93 bits per heavy atom. The molecule has 9 nitrogen and oxygen atoms in total. The molecule has 0 aliphatic carbocycles. The summed E-state index contributed by atoms with van der Waals surface area (Å²) in [5.41, 5.74) is 1.87. The second-order valence-electron chi connectivity index (χ2n) is 6.59. The van der Waals surface area contributed by atoms with Gasteiger partial charge in [0.2, 0.25) is 11.8 Å². The number of ether oxygens (including phenoxy) is 1. The van der Waals surface area contributed by atoms with Crippen LogP contribution in [0.5, 0.6) is 5.88 Å². The van der Waals surface area contributed by atoms with E-state index in [1.54, 1.807) is 4.68 Å². The van der Waals surface area contributed by atoms with Gasteiger partial charge in [-0.15, -0.1) is 0 Å². The van der Waals surface area contributed by atoms with Crippen molar-refractivity contribution < 1.29 is 9.53 Å². The van der Waals surface area contributed by atoms with E-state index in [0.29, 0.717) is 29.7 Å². The molecule has 0 atom stereocenters. The zero-order valence-electron chi connectivity index (χ0n) is 16.0. The van der Waals surface area contributed by atoms with E-state index in [4.69, 9.17) is 4.74 Å². The van der Waals surface area contributed by atoms with Gasteiger partial charge in [0.15, 0.2) is 0 Å². The third-order valence-corrected chi connectivity index (χ3v) is 4.54. The highest BCUT2D eigenvalue weighted by Crippen LogP contribution is 2.22. The van der Waals surface area contributed by atoms with Gasteiger partial charge in [-0.1, -0.05) is 0 Å². The van der Waals surface area contributed by atoms with Crippen molar-refractivity contribution in [2.75, 3.05) is 43.0 Å². The number of aryl methyl sites for hydroxylation is 1. The number of carbonyl (C=O) groups is 1. The molecule has 0 unspecified atom stereocenters. The second kappa shape index (κ2) is 7.81. The van der Waals surface area contributed by atoms with Gasteiger partial charge >= 0.3 is 0 Å². The highest BCUT2D eigenvalue weighted by atomic mass is 16.5. The Morgan fingerprint density at radius 2 is 2.14 bits per heavy atom. The lowest BCUT2D eigenvalue weighted by Gasteiger charge is -2.27. The largest absolute Gasteiger partial charge is 0.477 e. The quantitative estimate of drug-likeness (QED) is 0.690. The molecule has 0 radical (unpaired) electrons. The Kier molecular flexibility index (Phi) is 5.07. The lowest BCUT2D eigenvalue weighted by atomic mass is 10.2. The predicted molar refractivity (Wildman–Crippen MR) is 107 cm³/mol. The molecule has 1 aromatic carbocycles. The van der Waals surface area contributed by atoms with E-state index < -0.39 is 0 Å². The summed E-state index contributed by atoms with van der Waals surface area (Å²) in [5, 5.41) is 11.5. The van der Waals surface area contributed by atoms with Crippen LogP contribution in [0.25, 0.3) is 10.9 Å². The monoisotopic (exact) mass is 381 g/mol. The standard InChI is InChI=1S/C19H23N7O2/c1-3-28-18-15(11-21-19(23-18)26-8-6-20-7-9-26)17(27)22-14-4-5-16-13(10-14)12-25(2)24-16/h4-5,10-12,20H,3,6-9H2,1-2H3,(H,22,27). The number of fused-ring (bicyclic) bond motifs is 1. The summed E-state index contributed by atoms with van der Waals surface area (Å²) >= 11 is 0. The fourth-order valence-corrected chi connectivity index (χ4v) is 3.20. The number of anilines is 2. The fourth-order valence-electron chi connectivity index (χ4n) is 3.20. The van der Waals surface area contributed by atoms with E-state index in [-0.39, 0.29) is 5.91 Å². The highest BCUT2D eigenvalue weighted by molar-refractivity contribution is 6.06. The molecule has 1 saturated heterocycles. The maximum atomic E-state index is 12.8. The average molecular weight is 381 g/mol. The van der Waals surface area contributed by atoms with Crippen molar-refractivity contribution in [3.05, 3.63) is 36.2 Å². The van der Waals surface area contributed by atoms with Crippen LogP contribution in [0.3, 0.4) is 0 Å². The molecule has 4 rings (SSSR count). The molecular formula is C19H23N7O2. The molecule has 2 aromatic heterocycles. The number of benzene rings is 1. The summed E-state index contributed by atoms with van der Waals surface area (Å²) in [4.78, 5) is 23.8. The van der Waals surface area contributed by atoms with Gasteiger partial charge in [0.1, 0.15) is 5.56 Å². The van der Waals surface area contributed by atoms with Crippen LogP contribution in [0.1, 0.15) is 17.3 Å². The Labute approximate surface area is 162 Å². The van der Waals surface area contributed by atoms with Gasteiger partial charge in [-0.2, -0.15) is 10.1 Å². The van der Waals surface area contributed by atoms with Crippen molar-refractivity contribution in [2.24, 2.45) is 7.05 Å². The second-order valence-corrected chi connectivity index (χ2v) is 6.59. The maximum Gasteiger partial charge on any atom is 0.262 e. The molecule has 1 fully saturated rings. The van der Waals surface area contributed by atoms with Gasteiger partial charge in [0.25, 0.3) is 5.91 Å². The van der Waals surface area contributed by atoms with Gasteiger partial charge in [-0.25, -0.2) is 4.98 Å². The van der Waals surface area contributed by atoms with Crippen LogP contribution in [0.4, 0.5) is 11.6 Å². The van der Waals surface area contributed by atoms with Crippen molar-refractivity contribution in [2.45, 2.75) is 6.92 Å². The summed E-state index contributed by atoms with van der Waals surface area (Å²) in [6, 6.07) is 5.58. The molecule has 9 heteroatoms. The van der Waals surface area contributed by atoms with Crippen LogP contribution in [0.15, 0.2) is 30.6 Å². The summed E-state index contributed by atoms with van der Waals surface area (Å²) in [6.07, 6.45) is 3.44. The first-order valence-electron chi connectivity index (χ1n) is 9.34. The number of aromatic nitrogens is 4. The molecule has 0 spiro atoms. The van der Waals surface area contributed by atoms with E-state index in [1.807, 2.05) is 38.4 Å². The third-order valence-electron chi connectivity index (χ3n) is 4.54. The number of piperazine rings is 1. The molecule has 1 aliphatic heterocycles. The molecule has 28 heavy (non-hydrogen) atoms. The van der Waals surface area contributed by atoms with Gasteiger partial charge in [0.05, 0.1) is 12.1 Å². The molecule has 1 aliphatic rings. The van der Waals surface area contributed by atoms with Crippen molar-refractivity contribution in [3.8, 4) is 5.88 Å². The predicted octanol–water partition coefficient (Wildman–Crippen LogP) is 1.42. The summed E-state index contributed by atoms with van der Waals surface area (Å²) < 4.78 is 7.38. The summed E-state index contributed by atoms with van der Waals surface area (Å²) in [7, 11) is 1.86. The molecular weight excluding hydrogens is 358 g/mol. The van der Waals surface area contributed by atoms with Crippen molar-refractivity contribution in [3.63, 3.8) is 0 Å². The number of amides is 1. The molecule has 146 valence electrons. The van der Waals surface area contributed by atoms with Crippen LogP contribution in [0.2, 0.25) is 0 Å². The van der Waals surface area contributed by atoms with Gasteiger partial charge in [-0.05, 0) is 25.1 Å². The minimum absolute atomic E-state index is 0.297. The lowest BCUT2D eigenvalue weighted by Crippen LogP contribution is -2.44. The lowest BCUT2D eigenvalue weighted by molar-refractivity contribution is 0.102. The van der Waals surface area contributed by atoms with Gasteiger partial charge in [0, 0.05) is 56.7 Å². The van der Waals surface area contributed by atoms with E-state index in [1.165, 1.54) is 6.20 Å². The summed E-state index contributed by atoms with van der Waals surface area (Å²) in [6.45, 7) is 5.69. The normalized spacial score (nSPS) is 14.3. The number of nitrogens with one attached hydrogen (secondary N) is 2. The van der Waals surface area contributed by atoms with Crippen LogP contribution in [-0.4, -0.2) is 58.4 Å².